The first-order valence-electron chi connectivity index (χ1n) is 12.0. The lowest BCUT2D eigenvalue weighted by atomic mass is 10.1. The normalized spacial score (nSPS) is 12.8. The molecular formula is C28H21F9NOP. The minimum Gasteiger partial charge on any atom is -0.444 e. The summed E-state index contributed by atoms with van der Waals surface area (Å²) in [6.45, 7) is 1.95. The molecule has 12 heteroatoms. The van der Waals surface area contributed by atoms with Crippen molar-refractivity contribution in [3.8, 4) is 11.5 Å². The van der Waals surface area contributed by atoms with Gasteiger partial charge in [0.15, 0.2) is 0 Å². The minimum absolute atomic E-state index is 0.0523. The maximum Gasteiger partial charge on any atom is 0.416 e. The van der Waals surface area contributed by atoms with Gasteiger partial charge in [0.2, 0.25) is 5.89 Å². The number of halogens is 9. The molecule has 1 heterocycles. The van der Waals surface area contributed by atoms with Crippen molar-refractivity contribution in [1.29, 1.82) is 0 Å². The summed E-state index contributed by atoms with van der Waals surface area (Å²) in [7, 11) is -1.94. The Bertz CT molecular complexity index is 1380. The first kappa shape index (κ1) is 29.6. The molecule has 0 amide bonds. The third-order valence-electron chi connectivity index (χ3n) is 6.04. The Morgan fingerprint density at radius 1 is 0.675 bits per heavy atom. The predicted molar refractivity (Wildman–Crippen MR) is 134 cm³/mol. The molecule has 0 spiro atoms. The van der Waals surface area contributed by atoms with Crippen LogP contribution in [0.25, 0.3) is 11.5 Å². The molecule has 0 saturated carbocycles. The van der Waals surface area contributed by atoms with Gasteiger partial charge in [0, 0.05) is 5.56 Å². The largest absolute Gasteiger partial charge is 0.444 e. The molecule has 4 aromatic rings. The van der Waals surface area contributed by atoms with Crippen molar-refractivity contribution in [1.82, 2.24) is 4.98 Å². The third kappa shape index (κ3) is 6.69. The van der Waals surface area contributed by atoms with E-state index in [-0.39, 0.29) is 27.4 Å². The lowest BCUT2D eigenvalue weighted by molar-refractivity contribution is -0.138. The topological polar surface area (TPSA) is 26.0 Å². The first-order chi connectivity index (χ1) is 18.7. The Morgan fingerprint density at radius 2 is 1.15 bits per heavy atom. The fourth-order valence-corrected chi connectivity index (χ4v) is 6.38. The molecule has 0 saturated heterocycles. The van der Waals surface area contributed by atoms with E-state index in [1.807, 2.05) is 6.92 Å². The van der Waals surface area contributed by atoms with Gasteiger partial charge in [-0.2, -0.15) is 39.5 Å². The number of nitrogens with zero attached hydrogens (tertiary/aromatic N) is 1. The summed E-state index contributed by atoms with van der Waals surface area (Å²) >= 11 is 0. The Kier molecular flexibility index (Phi) is 8.36. The zero-order valence-corrected chi connectivity index (χ0v) is 21.6. The van der Waals surface area contributed by atoms with E-state index in [1.54, 1.807) is 0 Å². The molecule has 0 bridgehead atoms. The van der Waals surface area contributed by atoms with E-state index in [1.165, 1.54) is 36.6 Å². The number of oxazole rings is 1. The van der Waals surface area contributed by atoms with Crippen LogP contribution in [-0.4, -0.2) is 4.98 Å². The highest BCUT2D eigenvalue weighted by molar-refractivity contribution is 7.80. The van der Waals surface area contributed by atoms with Crippen molar-refractivity contribution < 1.29 is 43.9 Å². The zero-order chi connectivity index (χ0) is 29.3. The standard InChI is InChI=1S/C28H21F9NOP/c1-2-3-4-20-16-39-25(38-20)23-15-19(28(35,36)37)9-14-24(23)40(21-10-5-17(6-11-21)26(29,30)31)22-12-7-18(8-13-22)27(32,33)34/h5-16H,2-4H2,1H3. The number of rotatable bonds is 7. The number of aryl methyl sites for hydroxylation is 1. The van der Waals surface area contributed by atoms with Gasteiger partial charge in [-0.25, -0.2) is 4.98 Å². The van der Waals surface area contributed by atoms with Crippen LogP contribution in [0.5, 0.6) is 0 Å². The molecule has 0 aliphatic heterocycles. The van der Waals surface area contributed by atoms with E-state index < -0.39 is 43.1 Å². The van der Waals surface area contributed by atoms with Crippen molar-refractivity contribution in [2.45, 2.75) is 44.7 Å². The van der Waals surface area contributed by atoms with Gasteiger partial charge < -0.3 is 4.42 Å². The minimum atomic E-state index is -4.73. The SMILES string of the molecule is CCCCc1coc(-c2cc(C(F)(F)F)ccc2P(c2ccc(C(F)(F)F)cc2)c2ccc(C(F)(F)F)cc2)n1. The van der Waals surface area contributed by atoms with Crippen molar-refractivity contribution in [3.63, 3.8) is 0 Å². The summed E-state index contributed by atoms with van der Waals surface area (Å²) in [5.41, 5.74) is -2.44. The van der Waals surface area contributed by atoms with Crippen molar-refractivity contribution in [2.24, 2.45) is 0 Å². The molecule has 2 nitrogen and oxygen atoms in total. The Hall–Kier alpha value is -3.33. The third-order valence-corrected chi connectivity index (χ3v) is 8.54. The molecule has 0 N–H and O–H groups in total. The van der Waals surface area contributed by atoms with E-state index in [0.717, 1.165) is 49.2 Å². The number of benzene rings is 3. The van der Waals surface area contributed by atoms with Crippen LogP contribution >= 0.6 is 7.92 Å². The number of alkyl halides is 9. The maximum atomic E-state index is 13.7. The molecule has 0 fully saturated rings. The summed E-state index contributed by atoms with van der Waals surface area (Å²) in [6, 6.07) is 10.8. The van der Waals surface area contributed by atoms with Crippen LogP contribution in [0.1, 0.15) is 42.1 Å². The number of unbranched alkanes of at least 4 members (excludes halogenated alkanes) is 1. The van der Waals surface area contributed by atoms with Gasteiger partial charge in [-0.3, -0.25) is 0 Å². The van der Waals surface area contributed by atoms with E-state index in [4.69, 9.17) is 4.42 Å². The van der Waals surface area contributed by atoms with Gasteiger partial charge >= 0.3 is 18.5 Å². The molecule has 0 aliphatic rings. The number of aromatic nitrogens is 1. The Labute approximate surface area is 224 Å². The van der Waals surface area contributed by atoms with Crippen molar-refractivity contribution in [3.05, 3.63) is 95.4 Å². The molecule has 0 atom stereocenters. The number of hydrogen-bond donors (Lipinski definition) is 0. The van der Waals surface area contributed by atoms with Crippen LogP contribution < -0.4 is 15.9 Å². The van der Waals surface area contributed by atoms with E-state index >= 15 is 0 Å². The molecule has 0 radical (unpaired) electrons. The predicted octanol–water partition coefficient (Wildman–Crippen LogP) is 8.50. The van der Waals surface area contributed by atoms with Crippen LogP contribution in [0.3, 0.4) is 0 Å². The van der Waals surface area contributed by atoms with Crippen molar-refractivity contribution >= 4 is 23.8 Å². The van der Waals surface area contributed by atoms with E-state index in [2.05, 4.69) is 4.98 Å². The van der Waals surface area contributed by atoms with Gasteiger partial charge in [-0.1, -0.05) is 43.7 Å². The second-order valence-electron chi connectivity index (χ2n) is 8.90. The van der Waals surface area contributed by atoms with Crippen LogP contribution in [0.2, 0.25) is 0 Å². The molecular weight excluding hydrogens is 568 g/mol. The van der Waals surface area contributed by atoms with Gasteiger partial charge in [-0.15, -0.1) is 0 Å². The fraction of sp³-hybridized carbons (Fsp3) is 0.250. The second-order valence-corrected chi connectivity index (χ2v) is 11.1. The van der Waals surface area contributed by atoms with Gasteiger partial charge in [0.05, 0.1) is 22.4 Å². The Balaban J connectivity index is 1.93. The maximum absolute atomic E-state index is 13.7. The van der Waals surface area contributed by atoms with E-state index in [0.29, 0.717) is 12.1 Å². The average molecular weight is 589 g/mol. The quantitative estimate of drug-likeness (QED) is 0.160. The summed E-state index contributed by atoms with van der Waals surface area (Å²) in [6.07, 6.45) is -10.6. The summed E-state index contributed by atoms with van der Waals surface area (Å²) in [5.74, 6) is -0.126. The highest BCUT2D eigenvalue weighted by Gasteiger charge is 2.35. The van der Waals surface area contributed by atoms with Gasteiger partial charge in [-0.05, 0) is 73.1 Å². The van der Waals surface area contributed by atoms with Crippen molar-refractivity contribution in [2.75, 3.05) is 0 Å². The highest BCUT2D eigenvalue weighted by atomic mass is 31.1. The lowest BCUT2D eigenvalue weighted by Gasteiger charge is -2.23. The monoisotopic (exact) mass is 589 g/mol. The van der Waals surface area contributed by atoms with Gasteiger partial charge in [0.1, 0.15) is 6.26 Å². The zero-order valence-electron chi connectivity index (χ0n) is 20.8. The molecule has 40 heavy (non-hydrogen) atoms. The smallest absolute Gasteiger partial charge is 0.416 e. The summed E-state index contributed by atoms with van der Waals surface area (Å²) in [4.78, 5) is 4.34. The van der Waals surface area contributed by atoms with E-state index in [9.17, 15) is 39.5 Å². The highest BCUT2D eigenvalue weighted by Crippen LogP contribution is 2.41. The second kappa shape index (κ2) is 11.3. The summed E-state index contributed by atoms with van der Waals surface area (Å²) in [5, 5.41) is 0.787. The molecule has 0 aliphatic carbocycles. The molecule has 3 aromatic carbocycles. The van der Waals surface area contributed by atoms with Crippen LogP contribution in [0, 0.1) is 0 Å². The molecule has 1 aromatic heterocycles. The van der Waals surface area contributed by atoms with Crippen LogP contribution in [0.4, 0.5) is 39.5 Å². The number of hydrogen-bond acceptors (Lipinski definition) is 2. The average Bonchev–Trinajstić information content (AvgIpc) is 3.35. The first-order valence-corrected chi connectivity index (χ1v) is 13.3. The lowest BCUT2D eigenvalue weighted by Crippen LogP contribution is -2.24. The Morgan fingerprint density at radius 3 is 1.60 bits per heavy atom. The molecule has 0 unspecified atom stereocenters. The van der Waals surface area contributed by atoms with Crippen LogP contribution in [0.15, 0.2) is 77.4 Å². The van der Waals surface area contributed by atoms with Crippen LogP contribution in [-0.2, 0) is 24.9 Å². The molecule has 4 rings (SSSR count). The fourth-order valence-electron chi connectivity index (χ4n) is 4.01. The summed E-state index contributed by atoms with van der Waals surface area (Å²) < 4.78 is 126. The van der Waals surface area contributed by atoms with Gasteiger partial charge in [0.25, 0.3) is 0 Å². The molecule has 212 valence electrons.